The van der Waals surface area contributed by atoms with E-state index in [1.54, 1.807) is 24.3 Å². The summed E-state index contributed by atoms with van der Waals surface area (Å²) in [6, 6.07) is 6.89. The lowest BCUT2D eigenvalue weighted by molar-refractivity contribution is -0.386. The van der Waals surface area contributed by atoms with E-state index in [0.717, 1.165) is 6.33 Å². The number of benzene rings is 1. The molecule has 3 rings (SSSR count). The Morgan fingerprint density at radius 3 is 2.89 bits per heavy atom. The number of H-pyrrole nitrogens is 1. The summed E-state index contributed by atoms with van der Waals surface area (Å²) in [5.74, 6) is -0.164. The van der Waals surface area contributed by atoms with Gasteiger partial charge >= 0.3 is 11.2 Å². The average molecular weight is 258 g/mol. The summed E-state index contributed by atoms with van der Waals surface area (Å²) in [4.78, 5) is 27.7. The van der Waals surface area contributed by atoms with E-state index in [1.807, 2.05) is 0 Å². The molecule has 0 saturated heterocycles. The van der Waals surface area contributed by atoms with E-state index >= 15 is 0 Å². The highest BCUT2D eigenvalue weighted by Gasteiger charge is 2.24. The number of nitrogens with zero attached hydrogens (tertiary/aromatic N) is 5. The molecule has 0 fully saturated rings. The molecule has 0 amide bonds. The molecular formula is C10H6N6O3. The molecule has 1 N–H and O–H groups in total. The predicted octanol–water partition coefficient (Wildman–Crippen LogP) is 0.412. The van der Waals surface area contributed by atoms with Crippen molar-refractivity contribution in [3.63, 3.8) is 0 Å². The van der Waals surface area contributed by atoms with Crippen LogP contribution >= 0.6 is 0 Å². The van der Waals surface area contributed by atoms with E-state index in [4.69, 9.17) is 0 Å². The molecular weight excluding hydrogens is 252 g/mol. The number of rotatable bonds is 2. The van der Waals surface area contributed by atoms with Crippen LogP contribution < -0.4 is 5.56 Å². The SMILES string of the molecule is O=c1[nH]cnc(-n2nnc3ccccc32)c1[N+](=O)[O-]. The van der Waals surface area contributed by atoms with Crippen molar-refractivity contribution in [1.29, 1.82) is 0 Å². The Morgan fingerprint density at radius 2 is 2.11 bits per heavy atom. The lowest BCUT2D eigenvalue weighted by Gasteiger charge is -2.00. The quantitative estimate of drug-likeness (QED) is 0.525. The van der Waals surface area contributed by atoms with Crippen LogP contribution in [0.2, 0.25) is 0 Å². The second kappa shape index (κ2) is 3.98. The van der Waals surface area contributed by atoms with Crippen LogP contribution in [0, 0.1) is 10.1 Å². The second-order valence-corrected chi connectivity index (χ2v) is 3.65. The van der Waals surface area contributed by atoms with Crippen LogP contribution in [0.4, 0.5) is 5.69 Å². The summed E-state index contributed by atoms with van der Waals surface area (Å²) in [6.07, 6.45) is 1.08. The van der Waals surface area contributed by atoms with Crippen molar-refractivity contribution in [3.05, 3.63) is 51.1 Å². The van der Waals surface area contributed by atoms with E-state index in [2.05, 4.69) is 20.3 Å². The van der Waals surface area contributed by atoms with Gasteiger partial charge in [-0.2, -0.15) is 4.68 Å². The van der Waals surface area contributed by atoms with E-state index < -0.39 is 16.2 Å². The van der Waals surface area contributed by atoms with Crippen molar-refractivity contribution in [2.24, 2.45) is 0 Å². The Bertz CT molecular complexity index is 836. The molecule has 3 aromatic rings. The molecule has 94 valence electrons. The first kappa shape index (κ1) is 11.0. The molecule has 2 aromatic heterocycles. The lowest BCUT2D eigenvalue weighted by atomic mass is 10.3. The van der Waals surface area contributed by atoms with E-state index in [0.29, 0.717) is 11.0 Å². The van der Waals surface area contributed by atoms with Crippen LogP contribution in [0.15, 0.2) is 35.4 Å². The zero-order chi connectivity index (χ0) is 13.4. The standard InChI is InChI=1S/C10H6N6O3/c17-10-8(16(18)19)9(11-5-12-10)15-7-4-2-1-3-6(7)13-14-15/h1-5H,(H,11,12,17). The highest BCUT2D eigenvalue weighted by atomic mass is 16.6. The van der Waals surface area contributed by atoms with Gasteiger partial charge in [-0.15, -0.1) is 5.10 Å². The molecule has 2 heterocycles. The van der Waals surface area contributed by atoms with Crippen molar-refractivity contribution >= 4 is 16.7 Å². The van der Waals surface area contributed by atoms with Gasteiger partial charge in [0.2, 0.25) is 5.82 Å². The van der Waals surface area contributed by atoms with Crippen LogP contribution in [-0.2, 0) is 0 Å². The summed E-state index contributed by atoms with van der Waals surface area (Å²) >= 11 is 0. The maximum Gasteiger partial charge on any atom is 0.378 e. The maximum atomic E-state index is 11.5. The van der Waals surface area contributed by atoms with Gasteiger partial charge in [0, 0.05) is 0 Å². The molecule has 0 unspecified atom stereocenters. The molecule has 9 nitrogen and oxygen atoms in total. The molecule has 0 saturated carbocycles. The zero-order valence-electron chi connectivity index (χ0n) is 9.35. The number of nitrogens with one attached hydrogen (secondary N) is 1. The van der Waals surface area contributed by atoms with Gasteiger partial charge in [0.25, 0.3) is 0 Å². The molecule has 0 radical (unpaired) electrons. The Labute approximate surface area is 104 Å². The summed E-state index contributed by atoms with van der Waals surface area (Å²) < 4.78 is 1.17. The van der Waals surface area contributed by atoms with Gasteiger partial charge in [0.15, 0.2) is 0 Å². The fourth-order valence-corrected chi connectivity index (χ4v) is 1.73. The topological polar surface area (TPSA) is 120 Å². The molecule has 0 aliphatic heterocycles. The van der Waals surface area contributed by atoms with Gasteiger partial charge in [0.05, 0.1) is 16.8 Å². The zero-order valence-corrected chi connectivity index (χ0v) is 9.35. The molecule has 1 aromatic carbocycles. The highest BCUT2D eigenvalue weighted by molar-refractivity contribution is 5.76. The average Bonchev–Trinajstić information content (AvgIpc) is 2.81. The van der Waals surface area contributed by atoms with Gasteiger partial charge in [-0.05, 0) is 12.1 Å². The Hall–Kier alpha value is -3.10. The number of aromatic amines is 1. The van der Waals surface area contributed by atoms with Crippen molar-refractivity contribution in [1.82, 2.24) is 25.0 Å². The third kappa shape index (κ3) is 1.64. The van der Waals surface area contributed by atoms with Crippen LogP contribution in [-0.4, -0.2) is 29.9 Å². The van der Waals surface area contributed by atoms with Crippen molar-refractivity contribution in [2.45, 2.75) is 0 Å². The van der Waals surface area contributed by atoms with Crippen LogP contribution in [0.1, 0.15) is 0 Å². The molecule has 0 aliphatic carbocycles. The predicted molar refractivity (Wildman–Crippen MR) is 63.9 cm³/mol. The van der Waals surface area contributed by atoms with E-state index in [1.165, 1.54) is 4.68 Å². The van der Waals surface area contributed by atoms with Crippen LogP contribution in [0.25, 0.3) is 16.9 Å². The summed E-state index contributed by atoms with van der Waals surface area (Å²) in [5.41, 5.74) is -0.421. The molecule has 9 heteroatoms. The van der Waals surface area contributed by atoms with Crippen molar-refractivity contribution in [3.8, 4) is 5.82 Å². The van der Waals surface area contributed by atoms with E-state index in [9.17, 15) is 14.9 Å². The molecule has 0 aliphatic rings. The molecule has 0 atom stereocenters. The molecule has 0 bridgehead atoms. The third-order valence-electron chi connectivity index (χ3n) is 2.54. The Kier molecular flexibility index (Phi) is 2.31. The van der Waals surface area contributed by atoms with Crippen molar-refractivity contribution in [2.75, 3.05) is 0 Å². The number of hydrogen-bond acceptors (Lipinski definition) is 6. The monoisotopic (exact) mass is 258 g/mol. The largest absolute Gasteiger partial charge is 0.378 e. The normalized spacial score (nSPS) is 10.7. The molecule has 0 spiro atoms. The number of para-hydroxylation sites is 1. The van der Waals surface area contributed by atoms with Gasteiger partial charge in [-0.1, -0.05) is 17.3 Å². The van der Waals surface area contributed by atoms with Gasteiger partial charge < -0.3 is 4.98 Å². The lowest BCUT2D eigenvalue weighted by Crippen LogP contribution is -2.17. The van der Waals surface area contributed by atoms with Gasteiger partial charge in [-0.25, -0.2) is 4.98 Å². The minimum absolute atomic E-state index is 0.164. The smallest absolute Gasteiger partial charge is 0.307 e. The first-order chi connectivity index (χ1) is 9.18. The first-order valence-electron chi connectivity index (χ1n) is 5.21. The number of hydrogen-bond donors (Lipinski definition) is 1. The second-order valence-electron chi connectivity index (χ2n) is 3.65. The fourth-order valence-electron chi connectivity index (χ4n) is 1.73. The summed E-state index contributed by atoms with van der Waals surface area (Å²) in [7, 11) is 0. The number of fused-ring (bicyclic) bond motifs is 1. The van der Waals surface area contributed by atoms with E-state index in [-0.39, 0.29) is 5.82 Å². The Morgan fingerprint density at radius 1 is 1.32 bits per heavy atom. The summed E-state index contributed by atoms with van der Waals surface area (Å²) in [5, 5.41) is 18.6. The third-order valence-corrected chi connectivity index (χ3v) is 2.54. The maximum absolute atomic E-state index is 11.5. The highest BCUT2D eigenvalue weighted by Crippen LogP contribution is 2.19. The molecule has 19 heavy (non-hydrogen) atoms. The number of aromatic nitrogens is 5. The van der Waals surface area contributed by atoms with Crippen LogP contribution in [0.3, 0.4) is 0 Å². The van der Waals surface area contributed by atoms with Crippen molar-refractivity contribution < 1.29 is 4.92 Å². The first-order valence-corrected chi connectivity index (χ1v) is 5.21. The van der Waals surface area contributed by atoms with Crippen LogP contribution in [0.5, 0.6) is 0 Å². The number of nitro groups is 1. The summed E-state index contributed by atoms with van der Waals surface area (Å²) in [6.45, 7) is 0. The Balaban J connectivity index is 2.37. The van der Waals surface area contributed by atoms with Gasteiger partial charge in [-0.3, -0.25) is 14.9 Å². The van der Waals surface area contributed by atoms with Gasteiger partial charge in [0.1, 0.15) is 5.52 Å². The minimum Gasteiger partial charge on any atom is -0.307 e. The minimum atomic E-state index is -0.838. The fraction of sp³-hybridized carbons (Fsp3) is 0.